The Bertz CT molecular complexity index is 1530. The third-order valence-corrected chi connectivity index (χ3v) is 6.86. The number of aryl methyl sites for hydroxylation is 1. The lowest BCUT2D eigenvalue weighted by Crippen LogP contribution is -2.32. The van der Waals surface area contributed by atoms with Crippen LogP contribution in [0.15, 0.2) is 65.7 Å². The van der Waals surface area contributed by atoms with E-state index in [9.17, 15) is 27.6 Å². The summed E-state index contributed by atoms with van der Waals surface area (Å²) in [4.78, 5) is 43.3. The Kier molecular flexibility index (Phi) is 7.81. The minimum Gasteiger partial charge on any atom is -0.490 e. The predicted molar refractivity (Wildman–Crippen MR) is 136 cm³/mol. The van der Waals surface area contributed by atoms with Gasteiger partial charge in [0.25, 0.3) is 5.56 Å². The number of hydrogen-bond acceptors (Lipinski definition) is 7. The van der Waals surface area contributed by atoms with Crippen molar-refractivity contribution in [3.63, 3.8) is 0 Å². The number of carbonyl (C=O) groups is 2. The van der Waals surface area contributed by atoms with E-state index in [4.69, 9.17) is 9.47 Å². The van der Waals surface area contributed by atoms with Crippen molar-refractivity contribution in [1.29, 1.82) is 0 Å². The summed E-state index contributed by atoms with van der Waals surface area (Å²) in [5, 5.41) is 2.36. The molecular formula is C26H22F3N3O5S. The number of thiophene rings is 1. The smallest absolute Gasteiger partial charge is 0.418 e. The molecular weight excluding hydrogens is 523 g/mol. The number of aromatic nitrogens is 2. The summed E-state index contributed by atoms with van der Waals surface area (Å²) in [6.07, 6.45) is -3.54. The molecule has 0 spiro atoms. The second-order valence-corrected chi connectivity index (χ2v) is 9.20. The number of halogens is 3. The average Bonchev–Trinajstić information content (AvgIpc) is 3.23. The van der Waals surface area contributed by atoms with Gasteiger partial charge in [0.1, 0.15) is 34.7 Å². The molecule has 1 N–H and O–H groups in total. The van der Waals surface area contributed by atoms with Crippen LogP contribution < -0.4 is 15.6 Å². The molecule has 4 aromatic rings. The SMILES string of the molecule is Cc1c(C(=O)OCCOc2ccccc2)sc2ncn(C(C)C(=O)Nc3ccccc3C(F)(F)F)c(=O)c12. The zero-order valence-corrected chi connectivity index (χ0v) is 21.1. The molecule has 1 atom stereocenters. The van der Waals surface area contributed by atoms with Crippen molar-refractivity contribution in [2.45, 2.75) is 26.1 Å². The molecule has 8 nitrogen and oxygen atoms in total. The number of amides is 1. The van der Waals surface area contributed by atoms with Gasteiger partial charge in [0, 0.05) is 0 Å². The first-order valence-electron chi connectivity index (χ1n) is 11.4. The van der Waals surface area contributed by atoms with E-state index >= 15 is 0 Å². The molecule has 198 valence electrons. The number of carbonyl (C=O) groups excluding carboxylic acids is 2. The Morgan fingerprint density at radius 3 is 2.47 bits per heavy atom. The van der Waals surface area contributed by atoms with E-state index in [0.717, 1.165) is 34.4 Å². The van der Waals surface area contributed by atoms with Gasteiger partial charge in [-0.3, -0.25) is 14.2 Å². The van der Waals surface area contributed by atoms with Gasteiger partial charge < -0.3 is 14.8 Å². The van der Waals surface area contributed by atoms with E-state index in [2.05, 4.69) is 10.3 Å². The lowest BCUT2D eigenvalue weighted by Gasteiger charge is -2.17. The zero-order chi connectivity index (χ0) is 27.4. The minimum absolute atomic E-state index is 0.0182. The molecule has 2 heterocycles. The van der Waals surface area contributed by atoms with Crippen LogP contribution in [0.3, 0.4) is 0 Å². The number of nitrogens with zero attached hydrogens (tertiary/aromatic N) is 2. The van der Waals surface area contributed by atoms with Crippen LogP contribution in [0.25, 0.3) is 10.2 Å². The van der Waals surface area contributed by atoms with Crippen LogP contribution in [-0.4, -0.2) is 34.6 Å². The molecule has 2 aromatic heterocycles. The molecule has 0 aliphatic heterocycles. The number of nitrogens with one attached hydrogen (secondary N) is 1. The molecule has 12 heteroatoms. The zero-order valence-electron chi connectivity index (χ0n) is 20.2. The van der Waals surface area contributed by atoms with Crippen molar-refractivity contribution in [2.24, 2.45) is 0 Å². The Balaban J connectivity index is 1.50. The van der Waals surface area contributed by atoms with Crippen LogP contribution in [-0.2, 0) is 15.7 Å². The molecule has 0 fully saturated rings. The van der Waals surface area contributed by atoms with Gasteiger partial charge in [-0.1, -0.05) is 30.3 Å². The maximum absolute atomic E-state index is 13.3. The van der Waals surface area contributed by atoms with Crippen LogP contribution in [0.2, 0.25) is 0 Å². The highest BCUT2D eigenvalue weighted by Crippen LogP contribution is 2.35. The first kappa shape index (κ1) is 26.9. The molecule has 0 radical (unpaired) electrons. The summed E-state index contributed by atoms with van der Waals surface area (Å²) in [6, 6.07) is 12.4. The van der Waals surface area contributed by atoms with E-state index in [-0.39, 0.29) is 28.3 Å². The average molecular weight is 546 g/mol. The van der Waals surface area contributed by atoms with Crippen molar-refractivity contribution in [1.82, 2.24) is 9.55 Å². The monoisotopic (exact) mass is 545 g/mol. The van der Waals surface area contributed by atoms with Crippen molar-refractivity contribution in [3.8, 4) is 5.75 Å². The van der Waals surface area contributed by atoms with Crippen LogP contribution in [0.4, 0.5) is 18.9 Å². The van der Waals surface area contributed by atoms with E-state index in [1.807, 2.05) is 18.2 Å². The van der Waals surface area contributed by atoms with Crippen molar-refractivity contribution >= 4 is 39.1 Å². The number of benzene rings is 2. The number of rotatable bonds is 8. The number of para-hydroxylation sites is 2. The van der Waals surface area contributed by atoms with Gasteiger partial charge in [0.15, 0.2) is 0 Å². The van der Waals surface area contributed by atoms with Gasteiger partial charge >= 0.3 is 12.1 Å². The van der Waals surface area contributed by atoms with Crippen LogP contribution >= 0.6 is 11.3 Å². The molecule has 38 heavy (non-hydrogen) atoms. The van der Waals surface area contributed by atoms with E-state index in [1.165, 1.54) is 19.1 Å². The fraction of sp³-hybridized carbons (Fsp3) is 0.231. The Morgan fingerprint density at radius 2 is 1.76 bits per heavy atom. The van der Waals surface area contributed by atoms with Gasteiger partial charge in [0.05, 0.1) is 23.0 Å². The third-order valence-electron chi connectivity index (χ3n) is 5.68. The van der Waals surface area contributed by atoms with Gasteiger partial charge in [0.2, 0.25) is 5.91 Å². The Hall–Kier alpha value is -4.19. The largest absolute Gasteiger partial charge is 0.490 e. The molecule has 1 amide bonds. The number of hydrogen-bond donors (Lipinski definition) is 1. The van der Waals surface area contributed by atoms with Gasteiger partial charge in [-0.05, 0) is 43.7 Å². The molecule has 0 aliphatic rings. The van der Waals surface area contributed by atoms with E-state index < -0.39 is 40.9 Å². The number of fused-ring (bicyclic) bond motifs is 1. The summed E-state index contributed by atoms with van der Waals surface area (Å²) >= 11 is 0.971. The van der Waals surface area contributed by atoms with Crippen LogP contribution in [0, 0.1) is 6.92 Å². The molecule has 0 saturated heterocycles. The summed E-state index contributed by atoms with van der Waals surface area (Å²) in [5.74, 6) is -0.857. The van der Waals surface area contributed by atoms with Crippen LogP contribution in [0.5, 0.6) is 5.75 Å². The lowest BCUT2D eigenvalue weighted by atomic mass is 10.1. The minimum atomic E-state index is -4.67. The summed E-state index contributed by atoms with van der Waals surface area (Å²) < 4.78 is 51.6. The predicted octanol–water partition coefficient (Wildman–Crippen LogP) is 5.22. The Morgan fingerprint density at radius 1 is 1.08 bits per heavy atom. The molecule has 0 aliphatic carbocycles. The van der Waals surface area contributed by atoms with Crippen LogP contribution in [0.1, 0.15) is 33.8 Å². The highest BCUT2D eigenvalue weighted by atomic mass is 32.1. The summed E-state index contributed by atoms with van der Waals surface area (Å²) in [7, 11) is 0. The number of alkyl halides is 3. The topological polar surface area (TPSA) is 99.5 Å². The second-order valence-electron chi connectivity index (χ2n) is 8.20. The fourth-order valence-corrected chi connectivity index (χ4v) is 4.72. The molecule has 0 bridgehead atoms. The molecule has 2 aromatic carbocycles. The third kappa shape index (κ3) is 5.70. The van der Waals surface area contributed by atoms with Crippen molar-refractivity contribution < 1.29 is 32.2 Å². The maximum atomic E-state index is 13.3. The first-order valence-corrected chi connectivity index (χ1v) is 12.2. The summed E-state index contributed by atoms with van der Waals surface area (Å²) in [5.41, 5.74) is -1.71. The van der Waals surface area contributed by atoms with Gasteiger partial charge in [-0.25, -0.2) is 9.78 Å². The lowest BCUT2D eigenvalue weighted by molar-refractivity contribution is -0.137. The first-order chi connectivity index (χ1) is 18.1. The molecule has 0 saturated carbocycles. The van der Waals surface area contributed by atoms with Gasteiger partial charge in [-0.2, -0.15) is 13.2 Å². The number of ether oxygens (including phenoxy) is 2. The highest BCUT2D eigenvalue weighted by Gasteiger charge is 2.34. The molecule has 1 unspecified atom stereocenters. The number of anilines is 1. The van der Waals surface area contributed by atoms with Crippen molar-refractivity contribution in [2.75, 3.05) is 18.5 Å². The molecule has 4 rings (SSSR count). The summed E-state index contributed by atoms with van der Waals surface area (Å²) in [6.45, 7) is 3.04. The van der Waals surface area contributed by atoms with E-state index in [1.54, 1.807) is 19.1 Å². The van der Waals surface area contributed by atoms with Crippen molar-refractivity contribution in [3.05, 3.63) is 87.3 Å². The maximum Gasteiger partial charge on any atom is 0.418 e. The van der Waals surface area contributed by atoms with E-state index in [0.29, 0.717) is 11.3 Å². The quantitative estimate of drug-likeness (QED) is 0.241. The normalized spacial score (nSPS) is 12.2. The van der Waals surface area contributed by atoms with Gasteiger partial charge in [-0.15, -0.1) is 11.3 Å². The second kappa shape index (κ2) is 11.1. The highest BCUT2D eigenvalue weighted by molar-refractivity contribution is 7.20. The number of esters is 1. The fourth-order valence-electron chi connectivity index (χ4n) is 3.69. The Labute approximate surface area is 218 Å². The standard InChI is InChI=1S/C26H22F3N3O5S/c1-15-20-23(38-21(15)25(35)37-13-12-36-17-8-4-3-5-9-17)30-14-32(24(20)34)16(2)22(33)31-19-11-7-6-10-18(19)26(27,28)29/h3-11,14,16H,12-13H2,1-2H3,(H,31,33).